The molecular weight excluding hydrogens is 586 g/mol. The van der Waals surface area contributed by atoms with Crippen LogP contribution in [0.15, 0.2) is 48.5 Å². The van der Waals surface area contributed by atoms with Crippen LogP contribution in [-0.2, 0) is 35.6 Å². The fraction of sp³-hybridized carbons (Fsp3) is 0.484. The van der Waals surface area contributed by atoms with Gasteiger partial charge in [-0.05, 0) is 62.1 Å². The molecule has 0 aliphatic carbocycles. The molecule has 0 spiro atoms. The molecule has 1 fully saturated rings. The molecule has 1 aliphatic heterocycles. The fourth-order valence-corrected chi connectivity index (χ4v) is 5.74. The van der Waals surface area contributed by atoms with Gasteiger partial charge in [0.2, 0.25) is 33.7 Å². The fourth-order valence-electron chi connectivity index (χ4n) is 4.90. The van der Waals surface area contributed by atoms with Gasteiger partial charge in [-0.2, -0.15) is 0 Å². The van der Waals surface area contributed by atoms with Crippen molar-refractivity contribution < 1.29 is 32.3 Å². The minimum atomic E-state index is -3.77. The lowest BCUT2D eigenvalue weighted by molar-refractivity contribution is -0.141. The smallest absolute Gasteiger partial charge is 0.245 e. The molecule has 4 amide bonds. The molecule has 2 N–H and O–H groups in total. The van der Waals surface area contributed by atoms with Crippen molar-refractivity contribution >= 4 is 39.3 Å². The Morgan fingerprint density at radius 2 is 1.75 bits per heavy atom. The lowest BCUT2D eigenvalue weighted by Gasteiger charge is -2.29. The van der Waals surface area contributed by atoms with E-state index in [2.05, 4.69) is 10.6 Å². The maximum absolute atomic E-state index is 13.5. The second-order valence-corrected chi connectivity index (χ2v) is 12.9. The molecule has 1 saturated heterocycles. The number of amides is 4. The number of nitrogens with one attached hydrogen (secondary N) is 2. The second kappa shape index (κ2) is 15.6. The maximum Gasteiger partial charge on any atom is 0.245 e. The predicted octanol–water partition coefficient (Wildman–Crippen LogP) is 1.47. The van der Waals surface area contributed by atoms with Crippen LogP contribution in [0.25, 0.3) is 0 Å². The summed E-state index contributed by atoms with van der Waals surface area (Å²) < 4.78 is 31.6. The first-order valence-corrected chi connectivity index (χ1v) is 16.4. The van der Waals surface area contributed by atoms with Crippen molar-refractivity contribution in [3.63, 3.8) is 0 Å². The number of rotatable bonds is 7. The minimum absolute atomic E-state index is 0.0420. The van der Waals surface area contributed by atoms with Crippen molar-refractivity contribution in [2.24, 2.45) is 0 Å². The van der Waals surface area contributed by atoms with E-state index < -0.39 is 40.5 Å². The molecule has 0 saturated carbocycles. The van der Waals surface area contributed by atoms with Crippen molar-refractivity contribution in [1.82, 2.24) is 20.4 Å². The molecule has 1 aliphatic rings. The summed E-state index contributed by atoms with van der Waals surface area (Å²) in [5.41, 5.74) is 2.04. The van der Waals surface area contributed by atoms with Gasteiger partial charge in [-0.15, -0.1) is 0 Å². The molecule has 12 nitrogen and oxygen atoms in total. The van der Waals surface area contributed by atoms with Gasteiger partial charge in [0.05, 0.1) is 19.1 Å². The number of hydrogen-bond donors (Lipinski definition) is 2. The summed E-state index contributed by atoms with van der Waals surface area (Å²) in [6, 6.07) is 12.3. The SMILES string of the molecule is COc1ccc(C[C@@H]2NC(=O)CCCN(C(=O)CN(c3cccc(C)c3)S(C)(=O)=O)CCCNC(=O)[C@H](C)N(C)C2=O)cc1. The molecule has 3 rings (SSSR count). The highest BCUT2D eigenvalue weighted by molar-refractivity contribution is 7.92. The maximum atomic E-state index is 13.5. The van der Waals surface area contributed by atoms with E-state index in [0.717, 1.165) is 21.7 Å². The van der Waals surface area contributed by atoms with Crippen LogP contribution in [0.4, 0.5) is 5.69 Å². The monoisotopic (exact) mass is 629 g/mol. The van der Waals surface area contributed by atoms with Gasteiger partial charge in [0, 0.05) is 39.5 Å². The van der Waals surface area contributed by atoms with E-state index in [9.17, 15) is 27.6 Å². The summed E-state index contributed by atoms with van der Waals surface area (Å²) in [5, 5.41) is 5.64. The quantitative estimate of drug-likeness (QED) is 0.472. The number of likely N-dealkylation sites (N-methyl/N-ethyl adjacent to an activating group) is 1. The van der Waals surface area contributed by atoms with Crippen molar-refractivity contribution in [3.05, 3.63) is 59.7 Å². The molecule has 2 aromatic carbocycles. The number of benzene rings is 2. The Labute approximate surface area is 259 Å². The lowest BCUT2D eigenvalue weighted by Crippen LogP contribution is -2.54. The van der Waals surface area contributed by atoms with Crippen LogP contribution in [0.2, 0.25) is 0 Å². The number of nitrogens with zero attached hydrogens (tertiary/aromatic N) is 3. The van der Waals surface area contributed by atoms with E-state index in [0.29, 0.717) is 24.3 Å². The first-order valence-electron chi connectivity index (χ1n) is 14.6. The largest absolute Gasteiger partial charge is 0.497 e. The summed E-state index contributed by atoms with van der Waals surface area (Å²) in [6.45, 7) is 3.73. The van der Waals surface area contributed by atoms with Gasteiger partial charge >= 0.3 is 0 Å². The number of ether oxygens (including phenoxy) is 1. The summed E-state index contributed by atoms with van der Waals surface area (Å²) >= 11 is 0. The van der Waals surface area contributed by atoms with Gasteiger partial charge in [-0.1, -0.05) is 24.3 Å². The molecule has 240 valence electrons. The Bertz CT molecular complexity index is 1430. The van der Waals surface area contributed by atoms with Gasteiger partial charge in [0.25, 0.3) is 0 Å². The molecule has 0 unspecified atom stereocenters. The standard InChI is InChI=1S/C31H43N5O7S/c1-22-9-6-10-25(19-22)36(44(5,41)42)21-29(38)35-17-7-11-28(37)33-27(20-24-12-14-26(43-4)15-13-24)31(40)34(3)23(2)30(39)32-16-8-18-35/h6,9-10,12-15,19,23,27H,7-8,11,16-18,20-21H2,1-5H3,(H,32,39)(H,33,37)/t23-,27-/m0/s1. The topological polar surface area (TPSA) is 145 Å². The molecule has 44 heavy (non-hydrogen) atoms. The Balaban J connectivity index is 1.79. The number of carbonyl (C=O) groups excluding carboxylic acids is 4. The van der Waals surface area contributed by atoms with Gasteiger partial charge < -0.3 is 25.2 Å². The van der Waals surface area contributed by atoms with Crippen molar-refractivity contribution in [2.75, 3.05) is 50.9 Å². The van der Waals surface area contributed by atoms with E-state index in [4.69, 9.17) is 4.74 Å². The van der Waals surface area contributed by atoms with Gasteiger partial charge in [0.1, 0.15) is 24.4 Å². The molecule has 2 aromatic rings. The highest BCUT2D eigenvalue weighted by Gasteiger charge is 2.30. The number of sulfonamides is 1. The zero-order chi connectivity index (χ0) is 32.4. The van der Waals surface area contributed by atoms with Crippen molar-refractivity contribution in [1.29, 1.82) is 0 Å². The number of methoxy groups -OCH3 is 1. The molecule has 1 heterocycles. The summed E-state index contributed by atoms with van der Waals surface area (Å²) in [5.74, 6) is -0.909. The van der Waals surface area contributed by atoms with Crippen LogP contribution >= 0.6 is 0 Å². The van der Waals surface area contributed by atoms with Gasteiger partial charge in [-0.3, -0.25) is 23.5 Å². The zero-order valence-corrected chi connectivity index (χ0v) is 26.9. The third-order valence-corrected chi connectivity index (χ3v) is 8.74. The predicted molar refractivity (Wildman–Crippen MR) is 168 cm³/mol. The van der Waals surface area contributed by atoms with E-state index in [1.165, 1.54) is 16.8 Å². The average molecular weight is 630 g/mol. The first-order chi connectivity index (χ1) is 20.8. The van der Waals surface area contributed by atoms with Crippen molar-refractivity contribution in [2.45, 2.75) is 51.6 Å². The first kappa shape index (κ1) is 34.4. The zero-order valence-electron chi connectivity index (χ0n) is 26.0. The highest BCUT2D eigenvalue weighted by atomic mass is 32.2. The Morgan fingerprint density at radius 3 is 2.39 bits per heavy atom. The van der Waals surface area contributed by atoms with Crippen LogP contribution in [0.1, 0.15) is 37.3 Å². The molecule has 0 radical (unpaired) electrons. The van der Waals surface area contributed by atoms with E-state index in [1.807, 2.05) is 25.1 Å². The summed E-state index contributed by atoms with van der Waals surface area (Å²) in [7, 11) is -0.685. The van der Waals surface area contributed by atoms with E-state index >= 15 is 0 Å². The third kappa shape index (κ3) is 9.69. The molecule has 13 heteroatoms. The molecule has 0 bridgehead atoms. The third-order valence-electron chi connectivity index (χ3n) is 7.60. The van der Waals surface area contributed by atoms with Crippen LogP contribution < -0.4 is 19.7 Å². The van der Waals surface area contributed by atoms with Crippen LogP contribution in [0.5, 0.6) is 5.75 Å². The second-order valence-electron chi connectivity index (χ2n) is 11.0. The Morgan fingerprint density at radius 1 is 1.07 bits per heavy atom. The average Bonchev–Trinajstić information content (AvgIpc) is 2.98. The minimum Gasteiger partial charge on any atom is -0.497 e. The van der Waals surface area contributed by atoms with E-state index in [1.54, 1.807) is 44.4 Å². The summed E-state index contributed by atoms with van der Waals surface area (Å²) in [4.78, 5) is 55.7. The Kier molecular flexibility index (Phi) is 12.1. The van der Waals surface area contributed by atoms with Gasteiger partial charge in [0.15, 0.2) is 0 Å². The summed E-state index contributed by atoms with van der Waals surface area (Å²) in [6.07, 6.45) is 2.00. The Hall–Kier alpha value is -4.13. The number of aryl methyl sites for hydroxylation is 1. The molecule has 0 aromatic heterocycles. The highest BCUT2D eigenvalue weighted by Crippen LogP contribution is 2.19. The molecular formula is C31H43N5O7S. The number of carbonyl (C=O) groups is 4. The van der Waals surface area contributed by atoms with Crippen molar-refractivity contribution in [3.8, 4) is 5.75 Å². The van der Waals surface area contributed by atoms with E-state index in [-0.39, 0.29) is 44.3 Å². The molecule has 2 atom stereocenters. The normalized spacial score (nSPS) is 19.3. The van der Waals surface area contributed by atoms with Gasteiger partial charge in [-0.25, -0.2) is 8.42 Å². The van der Waals surface area contributed by atoms with Crippen LogP contribution in [0, 0.1) is 6.92 Å². The van der Waals surface area contributed by atoms with Crippen LogP contribution in [0.3, 0.4) is 0 Å². The van der Waals surface area contributed by atoms with Crippen LogP contribution in [-0.4, -0.2) is 101 Å². The number of hydrogen-bond acceptors (Lipinski definition) is 7. The number of anilines is 1. The lowest BCUT2D eigenvalue weighted by atomic mass is 10.0.